The number of fused-ring (bicyclic) bond motifs is 1. The summed E-state index contributed by atoms with van der Waals surface area (Å²) in [6.07, 6.45) is 0. The lowest BCUT2D eigenvalue weighted by Crippen LogP contribution is -2.38. The lowest BCUT2D eigenvalue weighted by molar-refractivity contribution is -0.135. The molecule has 3 rings (SSSR count). The number of para-hydroxylation sites is 2. The van der Waals surface area contributed by atoms with Crippen molar-refractivity contribution in [3.8, 4) is 0 Å². The van der Waals surface area contributed by atoms with Gasteiger partial charge in [0.25, 0.3) is 5.91 Å². The molecule has 0 radical (unpaired) electrons. The smallest absolute Gasteiger partial charge is 0.349 e. The zero-order valence-corrected chi connectivity index (χ0v) is 12.5. The second-order valence-electron chi connectivity index (χ2n) is 5.11. The Morgan fingerprint density at radius 1 is 1.00 bits per heavy atom. The average Bonchev–Trinajstić information content (AvgIpc) is 2.59. The third-order valence-electron chi connectivity index (χ3n) is 3.48. The summed E-state index contributed by atoms with van der Waals surface area (Å²) in [5.41, 5.74) is -0.259. The lowest BCUT2D eigenvalue weighted by Gasteiger charge is -2.20. The average molecular weight is 323 g/mol. The maximum atomic E-state index is 12.7. The summed E-state index contributed by atoms with van der Waals surface area (Å²) < 4.78 is 5.15. The van der Waals surface area contributed by atoms with Crippen LogP contribution in [0.3, 0.4) is 0 Å². The number of carbonyl (C=O) groups excluding carboxylic acids is 1. The van der Waals surface area contributed by atoms with Crippen LogP contribution in [0.5, 0.6) is 0 Å². The molecule has 3 aromatic rings. The molecule has 0 unspecified atom stereocenters. The van der Waals surface area contributed by atoms with Crippen LogP contribution in [-0.2, 0) is 4.79 Å². The number of amides is 1. The van der Waals surface area contributed by atoms with Crippen LogP contribution in [0.2, 0.25) is 0 Å². The highest BCUT2D eigenvalue weighted by molar-refractivity contribution is 6.09. The molecule has 0 saturated carbocycles. The quantitative estimate of drug-likeness (QED) is 0.745. The zero-order chi connectivity index (χ0) is 17.1. The van der Waals surface area contributed by atoms with Crippen molar-refractivity contribution in [1.29, 1.82) is 0 Å². The molecule has 1 amide bonds. The van der Waals surface area contributed by atoms with Crippen LogP contribution in [0, 0.1) is 0 Å². The van der Waals surface area contributed by atoms with Crippen LogP contribution >= 0.6 is 0 Å². The number of hydrogen-bond acceptors (Lipinski definition) is 4. The molecule has 6 heteroatoms. The first-order valence-electron chi connectivity index (χ1n) is 7.18. The fraction of sp³-hybridized carbons (Fsp3) is 0.0556. The van der Waals surface area contributed by atoms with Gasteiger partial charge in [-0.2, -0.15) is 0 Å². The highest BCUT2D eigenvalue weighted by atomic mass is 16.4. The molecule has 0 spiro atoms. The number of hydrogen-bond donors (Lipinski definition) is 1. The Hall–Kier alpha value is -3.41. The third-order valence-corrected chi connectivity index (χ3v) is 3.48. The topological polar surface area (TPSA) is 87.8 Å². The van der Waals surface area contributed by atoms with E-state index in [-0.39, 0.29) is 5.56 Å². The second-order valence-corrected chi connectivity index (χ2v) is 5.11. The Balaban J connectivity index is 2.09. The van der Waals surface area contributed by atoms with Gasteiger partial charge >= 0.3 is 11.6 Å². The Kier molecular flexibility index (Phi) is 4.11. The van der Waals surface area contributed by atoms with E-state index in [1.54, 1.807) is 54.6 Å². The fourth-order valence-corrected chi connectivity index (χ4v) is 2.38. The van der Waals surface area contributed by atoms with Crippen molar-refractivity contribution in [2.24, 2.45) is 0 Å². The Morgan fingerprint density at radius 3 is 2.38 bits per heavy atom. The maximum Gasteiger partial charge on any atom is 0.349 e. The number of benzene rings is 2. The van der Waals surface area contributed by atoms with Crippen molar-refractivity contribution in [2.45, 2.75) is 0 Å². The predicted molar refractivity (Wildman–Crippen MR) is 88.2 cm³/mol. The van der Waals surface area contributed by atoms with Gasteiger partial charge in [-0.15, -0.1) is 0 Å². The van der Waals surface area contributed by atoms with Crippen molar-refractivity contribution in [1.82, 2.24) is 0 Å². The molecule has 0 bridgehead atoms. The van der Waals surface area contributed by atoms with Crippen LogP contribution in [0.4, 0.5) is 5.69 Å². The molecular formula is C18H13NO5. The van der Waals surface area contributed by atoms with E-state index in [0.29, 0.717) is 16.7 Å². The number of carboxylic acid groups (broad SMARTS) is 1. The van der Waals surface area contributed by atoms with Gasteiger partial charge in [-0.3, -0.25) is 14.5 Å². The summed E-state index contributed by atoms with van der Waals surface area (Å²) in [6.45, 7) is -0.560. The van der Waals surface area contributed by atoms with Gasteiger partial charge in [0.05, 0.1) is 0 Å². The summed E-state index contributed by atoms with van der Waals surface area (Å²) in [7, 11) is 0. The zero-order valence-electron chi connectivity index (χ0n) is 12.5. The van der Waals surface area contributed by atoms with Crippen molar-refractivity contribution < 1.29 is 19.1 Å². The van der Waals surface area contributed by atoms with E-state index in [4.69, 9.17) is 9.52 Å². The number of carboxylic acids is 1. The van der Waals surface area contributed by atoms with Crippen LogP contribution in [0.15, 0.2) is 69.9 Å². The lowest BCUT2D eigenvalue weighted by atomic mass is 10.1. The summed E-state index contributed by atoms with van der Waals surface area (Å²) in [5, 5.41) is 9.67. The highest BCUT2D eigenvalue weighted by Crippen LogP contribution is 2.18. The molecule has 1 heterocycles. The van der Waals surface area contributed by atoms with E-state index in [2.05, 4.69) is 0 Å². The number of nitrogens with zero attached hydrogens (tertiary/aromatic N) is 1. The molecule has 2 aromatic carbocycles. The minimum atomic E-state index is -1.18. The van der Waals surface area contributed by atoms with Gasteiger partial charge in [0.2, 0.25) is 0 Å². The fourth-order valence-electron chi connectivity index (χ4n) is 2.38. The number of rotatable bonds is 4. The second kappa shape index (κ2) is 6.37. The van der Waals surface area contributed by atoms with E-state index in [0.717, 1.165) is 4.90 Å². The van der Waals surface area contributed by atoms with Crippen molar-refractivity contribution in [2.75, 3.05) is 11.4 Å². The van der Waals surface area contributed by atoms with Crippen molar-refractivity contribution >= 4 is 28.5 Å². The summed E-state index contributed by atoms with van der Waals surface area (Å²) in [5.74, 6) is -1.90. The molecule has 24 heavy (non-hydrogen) atoms. The Bertz CT molecular complexity index is 962. The summed E-state index contributed by atoms with van der Waals surface area (Å²) in [4.78, 5) is 37.0. The van der Waals surface area contributed by atoms with Gasteiger partial charge in [0, 0.05) is 11.1 Å². The minimum Gasteiger partial charge on any atom is -0.480 e. The van der Waals surface area contributed by atoms with Gasteiger partial charge in [0.1, 0.15) is 17.7 Å². The summed E-state index contributed by atoms with van der Waals surface area (Å²) in [6, 6.07) is 16.5. The van der Waals surface area contributed by atoms with Crippen molar-refractivity contribution in [3.05, 3.63) is 76.6 Å². The number of carbonyl (C=O) groups is 2. The highest BCUT2D eigenvalue weighted by Gasteiger charge is 2.24. The molecule has 0 atom stereocenters. The normalized spacial score (nSPS) is 10.5. The standard InChI is InChI=1S/C18H13NO5/c20-16(21)11-19(13-7-2-1-3-8-13)17(22)14-10-12-6-4-5-9-15(12)24-18(14)23/h1-10H,11H2,(H,20,21). The van der Waals surface area contributed by atoms with Crippen LogP contribution in [0.25, 0.3) is 11.0 Å². The van der Waals surface area contributed by atoms with Crippen LogP contribution in [0.1, 0.15) is 10.4 Å². The molecular weight excluding hydrogens is 310 g/mol. The van der Waals surface area contributed by atoms with Gasteiger partial charge < -0.3 is 9.52 Å². The van der Waals surface area contributed by atoms with E-state index in [1.807, 2.05) is 0 Å². The number of aliphatic carboxylic acids is 1. The van der Waals surface area contributed by atoms with E-state index >= 15 is 0 Å². The van der Waals surface area contributed by atoms with Gasteiger partial charge in [-0.05, 0) is 24.3 Å². The van der Waals surface area contributed by atoms with Crippen LogP contribution < -0.4 is 10.5 Å². The molecule has 0 aliphatic heterocycles. The predicted octanol–water partition coefficient (Wildman–Crippen LogP) is 2.52. The van der Waals surface area contributed by atoms with E-state index < -0.39 is 24.0 Å². The number of anilines is 1. The van der Waals surface area contributed by atoms with Gasteiger partial charge in [0.15, 0.2) is 0 Å². The SMILES string of the molecule is O=C(O)CN(C(=O)c1cc2ccccc2oc1=O)c1ccccc1. The molecule has 120 valence electrons. The van der Waals surface area contributed by atoms with Crippen molar-refractivity contribution in [3.63, 3.8) is 0 Å². The minimum absolute atomic E-state index is 0.209. The molecule has 0 saturated heterocycles. The molecule has 0 aliphatic carbocycles. The van der Waals surface area contributed by atoms with Gasteiger partial charge in [-0.25, -0.2) is 4.79 Å². The first-order chi connectivity index (χ1) is 11.6. The molecule has 0 aliphatic rings. The van der Waals surface area contributed by atoms with E-state index in [1.165, 1.54) is 6.07 Å². The first-order valence-corrected chi connectivity index (χ1v) is 7.18. The molecule has 0 fully saturated rings. The first kappa shape index (κ1) is 15.5. The molecule has 1 N–H and O–H groups in total. The molecule has 1 aromatic heterocycles. The third kappa shape index (κ3) is 3.03. The maximum absolute atomic E-state index is 12.7. The Labute approximate surface area is 136 Å². The van der Waals surface area contributed by atoms with Gasteiger partial charge in [-0.1, -0.05) is 36.4 Å². The Morgan fingerprint density at radius 2 is 1.67 bits per heavy atom. The van der Waals surface area contributed by atoms with Crippen LogP contribution in [-0.4, -0.2) is 23.5 Å². The van der Waals surface area contributed by atoms with E-state index in [9.17, 15) is 14.4 Å². The largest absolute Gasteiger partial charge is 0.480 e. The summed E-state index contributed by atoms with van der Waals surface area (Å²) >= 11 is 0. The monoisotopic (exact) mass is 323 g/mol. The molecule has 6 nitrogen and oxygen atoms in total.